The Kier molecular flexibility index (Phi) is 4.37. The first kappa shape index (κ1) is 13.8. The van der Waals surface area contributed by atoms with Crippen LogP contribution in [0.2, 0.25) is 0 Å². The largest absolute Gasteiger partial charge is 0.366 e. The molecule has 1 aromatic heterocycles. The number of carbonyl (C=O) groups excluding carboxylic acids is 1. The van der Waals surface area contributed by atoms with Gasteiger partial charge in [-0.05, 0) is 38.4 Å². The van der Waals surface area contributed by atoms with Crippen molar-refractivity contribution in [3.05, 3.63) is 23.4 Å². The lowest BCUT2D eigenvalue weighted by molar-refractivity contribution is 0.1000. The number of nitrogens with two attached hydrogens (primary N) is 1. The summed E-state index contributed by atoms with van der Waals surface area (Å²) in [5, 5.41) is 3.51. The Bertz CT molecular complexity index is 455. The van der Waals surface area contributed by atoms with Crippen LogP contribution >= 0.6 is 0 Å². The predicted molar refractivity (Wildman–Crippen MR) is 76.4 cm³/mol. The zero-order chi connectivity index (χ0) is 13.8. The van der Waals surface area contributed by atoms with E-state index in [0.717, 1.165) is 24.6 Å². The SMILES string of the molecule is Cc1cc(C(N)=O)cc(N(C)CC2CCCCN2)n1. The number of anilines is 1. The fourth-order valence-electron chi connectivity index (χ4n) is 2.49. The molecule has 0 aliphatic carbocycles. The summed E-state index contributed by atoms with van der Waals surface area (Å²) in [7, 11) is 2.00. The molecule has 3 N–H and O–H groups in total. The molecule has 1 amide bonds. The Morgan fingerprint density at radius 2 is 2.32 bits per heavy atom. The molecule has 0 radical (unpaired) electrons. The molecular weight excluding hydrogens is 240 g/mol. The van der Waals surface area contributed by atoms with E-state index in [1.807, 2.05) is 14.0 Å². The van der Waals surface area contributed by atoms with Gasteiger partial charge in [-0.25, -0.2) is 4.98 Å². The maximum absolute atomic E-state index is 11.3. The van der Waals surface area contributed by atoms with E-state index in [9.17, 15) is 4.79 Å². The highest BCUT2D eigenvalue weighted by Crippen LogP contribution is 2.16. The zero-order valence-corrected chi connectivity index (χ0v) is 11.6. The third-order valence-electron chi connectivity index (χ3n) is 3.52. The molecule has 1 aromatic rings. The fraction of sp³-hybridized carbons (Fsp3) is 0.571. The number of aryl methyl sites for hydroxylation is 1. The quantitative estimate of drug-likeness (QED) is 0.851. The van der Waals surface area contributed by atoms with Gasteiger partial charge in [0.05, 0.1) is 0 Å². The number of primary amides is 1. The molecular formula is C14H22N4O. The van der Waals surface area contributed by atoms with Gasteiger partial charge in [0.2, 0.25) is 5.91 Å². The van der Waals surface area contributed by atoms with Crippen molar-refractivity contribution in [3.63, 3.8) is 0 Å². The molecule has 1 saturated heterocycles. The fourth-order valence-corrected chi connectivity index (χ4v) is 2.49. The Morgan fingerprint density at radius 1 is 1.53 bits per heavy atom. The van der Waals surface area contributed by atoms with Gasteiger partial charge in [-0.3, -0.25) is 4.79 Å². The maximum Gasteiger partial charge on any atom is 0.248 e. The van der Waals surface area contributed by atoms with Gasteiger partial charge in [-0.1, -0.05) is 6.42 Å². The number of nitrogens with zero attached hydrogens (tertiary/aromatic N) is 2. The van der Waals surface area contributed by atoms with E-state index in [0.29, 0.717) is 11.6 Å². The first-order valence-corrected chi connectivity index (χ1v) is 6.79. The zero-order valence-electron chi connectivity index (χ0n) is 11.6. The second-order valence-electron chi connectivity index (χ2n) is 5.25. The normalized spacial score (nSPS) is 19.2. The standard InChI is InChI=1S/C14H22N4O/c1-10-7-11(14(15)19)8-13(17-10)18(2)9-12-5-3-4-6-16-12/h7-8,12,16H,3-6,9H2,1-2H3,(H2,15,19). The Balaban J connectivity index is 2.09. The smallest absolute Gasteiger partial charge is 0.248 e. The summed E-state index contributed by atoms with van der Waals surface area (Å²) >= 11 is 0. The molecule has 0 saturated carbocycles. The molecule has 19 heavy (non-hydrogen) atoms. The van der Waals surface area contributed by atoms with Crippen molar-refractivity contribution in [3.8, 4) is 0 Å². The first-order valence-electron chi connectivity index (χ1n) is 6.79. The number of aromatic nitrogens is 1. The van der Waals surface area contributed by atoms with E-state index in [1.165, 1.54) is 19.3 Å². The Labute approximate surface area is 114 Å². The topological polar surface area (TPSA) is 71.2 Å². The second-order valence-corrected chi connectivity index (χ2v) is 5.25. The van der Waals surface area contributed by atoms with Gasteiger partial charge < -0.3 is 16.0 Å². The predicted octanol–water partition coefficient (Wildman–Crippen LogP) is 1.07. The number of likely N-dealkylation sites (N-methyl/N-ethyl adjacent to an activating group) is 1. The summed E-state index contributed by atoms with van der Waals surface area (Å²) in [6, 6.07) is 3.98. The molecule has 104 valence electrons. The molecule has 1 aliphatic rings. The van der Waals surface area contributed by atoms with Crippen LogP contribution in [0, 0.1) is 6.92 Å². The highest BCUT2D eigenvalue weighted by Gasteiger charge is 2.16. The lowest BCUT2D eigenvalue weighted by Crippen LogP contribution is -2.42. The number of hydrogen-bond donors (Lipinski definition) is 2. The summed E-state index contributed by atoms with van der Waals surface area (Å²) < 4.78 is 0. The molecule has 1 fully saturated rings. The Morgan fingerprint density at radius 3 is 2.95 bits per heavy atom. The number of pyridine rings is 1. The summed E-state index contributed by atoms with van der Waals surface area (Å²) in [5.41, 5.74) is 6.67. The van der Waals surface area contributed by atoms with Crippen LogP contribution in [-0.2, 0) is 0 Å². The Hall–Kier alpha value is -1.62. The average molecular weight is 262 g/mol. The van der Waals surface area contributed by atoms with Crippen LogP contribution in [0.1, 0.15) is 35.3 Å². The van der Waals surface area contributed by atoms with Gasteiger partial charge >= 0.3 is 0 Å². The van der Waals surface area contributed by atoms with Crippen molar-refractivity contribution in [2.45, 2.75) is 32.2 Å². The molecule has 1 atom stereocenters. The van der Waals surface area contributed by atoms with E-state index >= 15 is 0 Å². The lowest BCUT2D eigenvalue weighted by atomic mass is 10.0. The van der Waals surface area contributed by atoms with Crippen molar-refractivity contribution < 1.29 is 4.79 Å². The average Bonchev–Trinajstić information content (AvgIpc) is 2.39. The molecule has 0 bridgehead atoms. The van der Waals surface area contributed by atoms with Crippen molar-refractivity contribution >= 4 is 11.7 Å². The number of carbonyl (C=O) groups is 1. The van der Waals surface area contributed by atoms with Crippen LogP contribution in [-0.4, -0.2) is 37.1 Å². The highest BCUT2D eigenvalue weighted by atomic mass is 16.1. The summed E-state index contributed by atoms with van der Waals surface area (Å²) in [6.07, 6.45) is 3.73. The molecule has 5 nitrogen and oxygen atoms in total. The van der Waals surface area contributed by atoms with E-state index in [-0.39, 0.29) is 0 Å². The van der Waals surface area contributed by atoms with Crippen molar-refractivity contribution in [2.75, 3.05) is 25.0 Å². The van der Waals surface area contributed by atoms with Crippen molar-refractivity contribution in [1.82, 2.24) is 10.3 Å². The molecule has 2 rings (SSSR count). The third kappa shape index (κ3) is 3.67. The lowest BCUT2D eigenvalue weighted by Gasteiger charge is -2.29. The van der Waals surface area contributed by atoms with Crippen molar-refractivity contribution in [2.24, 2.45) is 5.73 Å². The van der Waals surface area contributed by atoms with Crippen LogP contribution in [0.4, 0.5) is 5.82 Å². The number of nitrogens with one attached hydrogen (secondary N) is 1. The monoisotopic (exact) mass is 262 g/mol. The highest BCUT2D eigenvalue weighted by molar-refractivity contribution is 5.93. The molecule has 1 aliphatic heterocycles. The summed E-state index contributed by atoms with van der Waals surface area (Å²) in [5.74, 6) is 0.400. The molecule has 2 heterocycles. The number of amides is 1. The number of hydrogen-bond acceptors (Lipinski definition) is 4. The minimum absolute atomic E-state index is 0.407. The van der Waals surface area contributed by atoms with E-state index < -0.39 is 5.91 Å². The van der Waals surface area contributed by atoms with Crippen LogP contribution in [0.25, 0.3) is 0 Å². The van der Waals surface area contributed by atoms with E-state index in [2.05, 4.69) is 15.2 Å². The molecule has 0 aromatic carbocycles. The molecule has 5 heteroatoms. The van der Waals surface area contributed by atoms with Crippen LogP contribution in [0.15, 0.2) is 12.1 Å². The van der Waals surface area contributed by atoms with Crippen LogP contribution in [0.5, 0.6) is 0 Å². The first-order chi connectivity index (χ1) is 9.06. The van der Waals surface area contributed by atoms with E-state index in [4.69, 9.17) is 5.73 Å². The minimum atomic E-state index is -0.407. The second kappa shape index (κ2) is 6.02. The summed E-state index contributed by atoms with van der Waals surface area (Å²) in [6.45, 7) is 3.86. The number of piperidine rings is 1. The van der Waals surface area contributed by atoms with Gasteiger partial charge in [0, 0.05) is 30.9 Å². The minimum Gasteiger partial charge on any atom is -0.366 e. The summed E-state index contributed by atoms with van der Waals surface area (Å²) in [4.78, 5) is 17.8. The third-order valence-corrected chi connectivity index (χ3v) is 3.52. The van der Waals surface area contributed by atoms with E-state index in [1.54, 1.807) is 12.1 Å². The van der Waals surface area contributed by atoms with Crippen molar-refractivity contribution in [1.29, 1.82) is 0 Å². The van der Waals surface area contributed by atoms with Gasteiger partial charge in [-0.2, -0.15) is 0 Å². The number of rotatable bonds is 4. The molecule has 1 unspecified atom stereocenters. The maximum atomic E-state index is 11.3. The van der Waals surface area contributed by atoms with Gasteiger partial charge in [0.25, 0.3) is 0 Å². The van der Waals surface area contributed by atoms with Gasteiger partial charge in [-0.15, -0.1) is 0 Å². The van der Waals surface area contributed by atoms with Gasteiger partial charge in [0.15, 0.2) is 0 Å². The van der Waals surface area contributed by atoms with Gasteiger partial charge in [0.1, 0.15) is 5.82 Å². The molecule has 0 spiro atoms. The van der Waals surface area contributed by atoms with Crippen LogP contribution < -0.4 is 16.0 Å². The van der Waals surface area contributed by atoms with Crippen LogP contribution in [0.3, 0.4) is 0 Å².